The van der Waals surface area contributed by atoms with Crippen LogP contribution in [-0.4, -0.2) is 25.0 Å². The van der Waals surface area contributed by atoms with E-state index >= 15 is 0 Å². The zero-order valence-corrected chi connectivity index (χ0v) is 14.4. The van der Waals surface area contributed by atoms with E-state index in [2.05, 4.69) is 10.6 Å². The Morgan fingerprint density at radius 2 is 1.69 bits per heavy atom. The number of carbonyl (C=O) groups excluding carboxylic acids is 2. The van der Waals surface area contributed by atoms with Crippen molar-refractivity contribution in [2.45, 2.75) is 13.0 Å². The number of benzene rings is 2. The highest BCUT2D eigenvalue weighted by Crippen LogP contribution is 2.19. The fourth-order valence-corrected chi connectivity index (χ4v) is 2.56. The maximum Gasteiger partial charge on any atom is 0.294 e. The van der Waals surface area contributed by atoms with Gasteiger partial charge in [0.05, 0.1) is 17.3 Å². The van der Waals surface area contributed by atoms with Crippen LogP contribution >= 0.6 is 0 Å². The second kappa shape index (κ2) is 8.20. The Hall–Kier alpha value is -3.28. The Labute approximate surface area is 151 Å². The SMILES string of the molecule is C[C@@H](NC(=O)c1ccccc1NC(=O)C1=COCCO1)c1ccccc1. The van der Waals surface area contributed by atoms with Crippen LogP contribution in [-0.2, 0) is 14.3 Å². The summed E-state index contributed by atoms with van der Waals surface area (Å²) in [5.41, 5.74) is 1.78. The minimum atomic E-state index is -0.457. The molecule has 0 aliphatic carbocycles. The van der Waals surface area contributed by atoms with Crippen molar-refractivity contribution in [3.05, 3.63) is 77.7 Å². The molecule has 6 nitrogen and oxygen atoms in total. The van der Waals surface area contributed by atoms with Crippen molar-refractivity contribution in [1.29, 1.82) is 0 Å². The number of nitrogens with one attached hydrogen (secondary N) is 2. The molecule has 0 saturated carbocycles. The van der Waals surface area contributed by atoms with E-state index in [1.807, 2.05) is 37.3 Å². The molecule has 134 valence electrons. The van der Waals surface area contributed by atoms with Gasteiger partial charge in [-0.2, -0.15) is 0 Å². The smallest absolute Gasteiger partial charge is 0.294 e. The van der Waals surface area contributed by atoms with Crippen LogP contribution < -0.4 is 10.6 Å². The highest BCUT2D eigenvalue weighted by Gasteiger charge is 2.19. The van der Waals surface area contributed by atoms with Gasteiger partial charge in [0, 0.05) is 0 Å². The lowest BCUT2D eigenvalue weighted by molar-refractivity contribution is -0.117. The maximum absolute atomic E-state index is 12.7. The van der Waals surface area contributed by atoms with Gasteiger partial charge in [-0.15, -0.1) is 0 Å². The first-order valence-electron chi connectivity index (χ1n) is 8.36. The molecule has 3 rings (SSSR count). The van der Waals surface area contributed by atoms with E-state index in [0.717, 1.165) is 5.56 Å². The summed E-state index contributed by atoms with van der Waals surface area (Å²) >= 11 is 0. The average Bonchev–Trinajstić information content (AvgIpc) is 2.69. The van der Waals surface area contributed by atoms with Crippen molar-refractivity contribution in [2.24, 2.45) is 0 Å². The fourth-order valence-electron chi connectivity index (χ4n) is 2.56. The molecule has 0 radical (unpaired) electrons. The fraction of sp³-hybridized carbons (Fsp3) is 0.200. The number of rotatable bonds is 5. The first kappa shape index (κ1) is 17.5. The van der Waals surface area contributed by atoms with Crippen molar-refractivity contribution in [3.8, 4) is 0 Å². The Kier molecular flexibility index (Phi) is 5.53. The summed E-state index contributed by atoms with van der Waals surface area (Å²) in [7, 11) is 0. The van der Waals surface area contributed by atoms with E-state index in [-0.39, 0.29) is 17.7 Å². The van der Waals surface area contributed by atoms with E-state index < -0.39 is 5.91 Å². The number of amides is 2. The highest BCUT2D eigenvalue weighted by molar-refractivity contribution is 6.07. The summed E-state index contributed by atoms with van der Waals surface area (Å²) in [4.78, 5) is 24.9. The lowest BCUT2D eigenvalue weighted by Gasteiger charge is -2.18. The molecule has 1 aliphatic heterocycles. The summed E-state index contributed by atoms with van der Waals surface area (Å²) in [5.74, 6) is -0.641. The van der Waals surface area contributed by atoms with Crippen molar-refractivity contribution >= 4 is 17.5 Å². The number of para-hydroxylation sites is 1. The quantitative estimate of drug-likeness (QED) is 0.867. The summed E-state index contributed by atoms with van der Waals surface area (Å²) in [6.45, 7) is 2.63. The summed E-state index contributed by atoms with van der Waals surface area (Å²) in [6.07, 6.45) is 1.28. The molecule has 6 heteroatoms. The second-order valence-electron chi connectivity index (χ2n) is 5.81. The van der Waals surface area contributed by atoms with Gasteiger partial charge in [-0.05, 0) is 24.6 Å². The zero-order chi connectivity index (χ0) is 18.4. The normalized spacial score (nSPS) is 14.3. The third-order valence-corrected chi connectivity index (χ3v) is 3.94. The molecular formula is C20H20N2O4. The van der Waals surface area contributed by atoms with Gasteiger partial charge in [-0.25, -0.2) is 0 Å². The largest absolute Gasteiger partial charge is 0.494 e. The van der Waals surface area contributed by atoms with Gasteiger partial charge >= 0.3 is 0 Å². The molecule has 0 saturated heterocycles. The molecule has 2 aromatic carbocycles. The van der Waals surface area contributed by atoms with Crippen LogP contribution in [0.5, 0.6) is 0 Å². The Morgan fingerprint density at radius 1 is 0.962 bits per heavy atom. The van der Waals surface area contributed by atoms with Crippen LogP contribution in [0.25, 0.3) is 0 Å². The third kappa shape index (κ3) is 4.22. The van der Waals surface area contributed by atoms with E-state index in [9.17, 15) is 9.59 Å². The number of hydrogen-bond donors (Lipinski definition) is 2. The number of hydrogen-bond acceptors (Lipinski definition) is 4. The monoisotopic (exact) mass is 352 g/mol. The van der Waals surface area contributed by atoms with Crippen LogP contribution in [0.3, 0.4) is 0 Å². The van der Waals surface area contributed by atoms with Gasteiger partial charge in [0.25, 0.3) is 11.8 Å². The predicted molar refractivity (Wildman–Crippen MR) is 97.4 cm³/mol. The molecule has 1 aliphatic rings. The minimum absolute atomic E-state index is 0.0871. The first-order chi connectivity index (χ1) is 12.6. The summed E-state index contributed by atoms with van der Waals surface area (Å²) in [6, 6.07) is 16.3. The lowest BCUT2D eigenvalue weighted by Crippen LogP contribution is -2.28. The number of ether oxygens (including phenoxy) is 2. The molecule has 2 aromatic rings. The Balaban J connectivity index is 1.73. The van der Waals surface area contributed by atoms with E-state index in [4.69, 9.17) is 9.47 Å². The van der Waals surface area contributed by atoms with Gasteiger partial charge in [0.2, 0.25) is 5.76 Å². The molecule has 2 amide bonds. The van der Waals surface area contributed by atoms with E-state index in [1.54, 1.807) is 24.3 Å². The van der Waals surface area contributed by atoms with E-state index in [0.29, 0.717) is 24.5 Å². The van der Waals surface area contributed by atoms with Crippen molar-refractivity contribution in [1.82, 2.24) is 5.32 Å². The molecule has 2 N–H and O–H groups in total. The summed E-state index contributed by atoms with van der Waals surface area (Å²) < 4.78 is 10.4. The first-order valence-corrected chi connectivity index (χ1v) is 8.36. The Bertz CT molecular complexity index is 818. The van der Waals surface area contributed by atoms with Crippen LogP contribution in [0.2, 0.25) is 0 Å². The van der Waals surface area contributed by atoms with Crippen LogP contribution in [0.15, 0.2) is 66.6 Å². The van der Waals surface area contributed by atoms with Crippen molar-refractivity contribution in [3.63, 3.8) is 0 Å². The molecule has 1 heterocycles. The molecule has 0 unspecified atom stereocenters. The van der Waals surface area contributed by atoms with Crippen LogP contribution in [0.4, 0.5) is 5.69 Å². The topological polar surface area (TPSA) is 76.7 Å². The molecule has 1 atom stereocenters. The molecule has 0 bridgehead atoms. The summed E-state index contributed by atoms with van der Waals surface area (Å²) in [5, 5.41) is 5.65. The van der Waals surface area contributed by atoms with Crippen molar-refractivity contribution < 1.29 is 19.1 Å². The van der Waals surface area contributed by atoms with Crippen LogP contribution in [0, 0.1) is 0 Å². The minimum Gasteiger partial charge on any atom is -0.494 e. The van der Waals surface area contributed by atoms with Crippen LogP contribution in [0.1, 0.15) is 28.9 Å². The lowest BCUT2D eigenvalue weighted by atomic mass is 10.1. The van der Waals surface area contributed by atoms with E-state index in [1.165, 1.54) is 6.26 Å². The highest BCUT2D eigenvalue weighted by atomic mass is 16.6. The molecular weight excluding hydrogens is 332 g/mol. The molecule has 0 fully saturated rings. The number of anilines is 1. The third-order valence-electron chi connectivity index (χ3n) is 3.94. The van der Waals surface area contributed by atoms with Gasteiger partial charge < -0.3 is 20.1 Å². The van der Waals surface area contributed by atoms with Crippen molar-refractivity contribution in [2.75, 3.05) is 18.5 Å². The van der Waals surface area contributed by atoms with Gasteiger partial charge in [-0.3, -0.25) is 9.59 Å². The van der Waals surface area contributed by atoms with Gasteiger partial charge in [0.15, 0.2) is 0 Å². The van der Waals surface area contributed by atoms with Gasteiger partial charge in [-0.1, -0.05) is 42.5 Å². The molecule has 26 heavy (non-hydrogen) atoms. The average molecular weight is 352 g/mol. The Morgan fingerprint density at radius 3 is 2.42 bits per heavy atom. The standard InChI is InChI=1S/C20H20N2O4/c1-14(15-7-3-2-4-8-15)21-19(23)16-9-5-6-10-17(16)22-20(24)18-13-25-11-12-26-18/h2-10,13-14H,11-12H2,1H3,(H,21,23)(H,22,24)/t14-/m1/s1. The second-order valence-corrected chi connectivity index (χ2v) is 5.81. The zero-order valence-electron chi connectivity index (χ0n) is 14.4. The molecule has 0 spiro atoms. The van der Waals surface area contributed by atoms with Gasteiger partial charge in [0.1, 0.15) is 19.5 Å². The molecule has 0 aromatic heterocycles. The predicted octanol–water partition coefficient (Wildman–Crippen LogP) is 3.00. The number of carbonyl (C=O) groups is 2. The maximum atomic E-state index is 12.7.